The molecule has 0 aliphatic carbocycles. The molecule has 0 aromatic carbocycles. The first kappa shape index (κ1) is 13.3. The third-order valence-electron chi connectivity index (χ3n) is 2.21. The zero-order valence-corrected chi connectivity index (χ0v) is 10.2. The monoisotopic (exact) mass is 231 g/mol. The minimum Gasteiger partial charge on any atom is -0.444 e. The molecule has 1 saturated heterocycles. The summed E-state index contributed by atoms with van der Waals surface area (Å²) in [5.74, 6) is 0. The third kappa shape index (κ3) is 5.32. The van der Waals surface area contributed by atoms with Crippen LogP contribution in [0.1, 0.15) is 33.6 Å². The Hall–Kier alpha value is -0.810. The van der Waals surface area contributed by atoms with Crippen molar-refractivity contribution >= 4 is 6.09 Å². The van der Waals surface area contributed by atoms with E-state index in [-0.39, 0.29) is 12.2 Å². The predicted octanol–water partition coefficient (Wildman–Crippen LogP) is 1.05. The van der Waals surface area contributed by atoms with E-state index < -0.39 is 11.7 Å². The van der Waals surface area contributed by atoms with Gasteiger partial charge in [-0.15, -0.1) is 0 Å². The Labute approximate surface area is 96.1 Å². The second kappa shape index (κ2) is 5.50. The van der Waals surface area contributed by atoms with Crippen molar-refractivity contribution in [2.45, 2.75) is 51.4 Å². The molecule has 1 fully saturated rings. The molecule has 0 unspecified atom stereocenters. The molecular formula is C11H21NO4. The number of carbonyl (C=O) groups is 1. The normalized spacial score (nSPS) is 26.2. The smallest absolute Gasteiger partial charge is 0.407 e. The number of aliphatic hydroxyl groups excluding tert-OH is 1. The van der Waals surface area contributed by atoms with E-state index >= 15 is 0 Å². The lowest BCUT2D eigenvalue weighted by Crippen LogP contribution is -2.41. The number of carbonyl (C=O) groups excluding carboxylic acids is 1. The fourth-order valence-corrected chi connectivity index (χ4v) is 1.51. The Morgan fingerprint density at radius 2 is 2.25 bits per heavy atom. The van der Waals surface area contributed by atoms with Crippen LogP contribution in [0.2, 0.25) is 0 Å². The van der Waals surface area contributed by atoms with Gasteiger partial charge < -0.3 is 19.9 Å². The van der Waals surface area contributed by atoms with E-state index in [1.165, 1.54) is 0 Å². The van der Waals surface area contributed by atoms with Crippen molar-refractivity contribution in [3.8, 4) is 0 Å². The Morgan fingerprint density at radius 3 is 2.81 bits per heavy atom. The SMILES string of the molecule is CC(C)(C)OC(=O)NC[C@@H]1C[C@H](O)CCO1. The first-order valence-corrected chi connectivity index (χ1v) is 5.63. The number of hydrogen-bond acceptors (Lipinski definition) is 4. The predicted molar refractivity (Wildman–Crippen MR) is 59.2 cm³/mol. The highest BCUT2D eigenvalue weighted by molar-refractivity contribution is 5.67. The summed E-state index contributed by atoms with van der Waals surface area (Å²) in [6.07, 6.45) is 0.352. The van der Waals surface area contributed by atoms with Crippen LogP contribution < -0.4 is 5.32 Å². The molecule has 0 radical (unpaired) electrons. The van der Waals surface area contributed by atoms with Gasteiger partial charge in [-0.25, -0.2) is 4.79 Å². The molecule has 0 aromatic rings. The Balaban J connectivity index is 2.21. The lowest BCUT2D eigenvalue weighted by atomic mass is 10.1. The van der Waals surface area contributed by atoms with Gasteiger partial charge in [0.05, 0.1) is 12.2 Å². The standard InChI is InChI=1S/C11H21NO4/c1-11(2,3)16-10(14)12-7-9-6-8(13)4-5-15-9/h8-9,13H,4-7H2,1-3H3,(H,12,14)/t8-,9+/m1/s1. The van der Waals surface area contributed by atoms with Crippen molar-refractivity contribution in [2.24, 2.45) is 0 Å². The lowest BCUT2D eigenvalue weighted by molar-refractivity contribution is -0.0427. The molecule has 5 nitrogen and oxygen atoms in total. The van der Waals surface area contributed by atoms with Gasteiger partial charge in [0, 0.05) is 19.6 Å². The average molecular weight is 231 g/mol. The number of aliphatic hydroxyl groups is 1. The van der Waals surface area contributed by atoms with E-state index in [2.05, 4.69) is 5.32 Å². The minimum absolute atomic E-state index is 0.115. The molecule has 0 bridgehead atoms. The van der Waals surface area contributed by atoms with Gasteiger partial charge in [0.15, 0.2) is 0 Å². The van der Waals surface area contributed by atoms with E-state index in [1.54, 1.807) is 0 Å². The molecule has 5 heteroatoms. The van der Waals surface area contributed by atoms with E-state index in [0.29, 0.717) is 26.0 Å². The Bertz CT molecular complexity index is 237. The van der Waals surface area contributed by atoms with Gasteiger partial charge in [0.1, 0.15) is 5.60 Å². The van der Waals surface area contributed by atoms with Crippen molar-refractivity contribution < 1.29 is 19.4 Å². The van der Waals surface area contributed by atoms with Crippen LogP contribution in [-0.2, 0) is 9.47 Å². The van der Waals surface area contributed by atoms with Crippen LogP contribution in [0, 0.1) is 0 Å². The molecule has 94 valence electrons. The maximum absolute atomic E-state index is 11.3. The van der Waals surface area contributed by atoms with E-state index in [9.17, 15) is 9.90 Å². The first-order valence-electron chi connectivity index (χ1n) is 5.63. The van der Waals surface area contributed by atoms with Crippen molar-refractivity contribution in [3.05, 3.63) is 0 Å². The molecule has 1 aliphatic rings. The van der Waals surface area contributed by atoms with Crippen LogP contribution >= 0.6 is 0 Å². The Morgan fingerprint density at radius 1 is 1.56 bits per heavy atom. The van der Waals surface area contributed by atoms with Crippen LogP contribution in [0.25, 0.3) is 0 Å². The summed E-state index contributed by atoms with van der Waals surface area (Å²) in [5, 5.41) is 12.0. The zero-order chi connectivity index (χ0) is 12.2. The van der Waals surface area contributed by atoms with Gasteiger partial charge in [0.2, 0.25) is 0 Å². The fourth-order valence-electron chi connectivity index (χ4n) is 1.51. The van der Waals surface area contributed by atoms with Gasteiger partial charge >= 0.3 is 6.09 Å². The maximum atomic E-state index is 11.3. The van der Waals surface area contributed by atoms with Crippen LogP contribution in [0.3, 0.4) is 0 Å². The molecule has 1 aliphatic heterocycles. The van der Waals surface area contributed by atoms with Gasteiger partial charge in [-0.3, -0.25) is 0 Å². The quantitative estimate of drug-likeness (QED) is 0.745. The van der Waals surface area contributed by atoms with Gasteiger partial charge in [0.25, 0.3) is 0 Å². The molecule has 2 atom stereocenters. The summed E-state index contributed by atoms with van der Waals surface area (Å²) >= 11 is 0. The molecule has 16 heavy (non-hydrogen) atoms. The highest BCUT2D eigenvalue weighted by Crippen LogP contribution is 2.13. The van der Waals surface area contributed by atoms with Crippen LogP contribution in [0.15, 0.2) is 0 Å². The molecule has 1 rings (SSSR count). The molecule has 0 spiro atoms. The van der Waals surface area contributed by atoms with Crippen LogP contribution in [0.4, 0.5) is 4.79 Å². The molecule has 1 amide bonds. The van der Waals surface area contributed by atoms with Crippen molar-refractivity contribution in [1.29, 1.82) is 0 Å². The van der Waals surface area contributed by atoms with Crippen LogP contribution in [-0.4, -0.2) is 42.2 Å². The summed E-state index contributed by atoms with van der Waals surface area (Å²) in [5.41, 5.74) is -0.489. The summed E-state index contributed by atoms with van der Waals surface area (Å²) in [7, 11) is 0. The summed E-state index contributed by atoms with van der Waals surface area (Å²) in [6.45, 7) is 6.36. The molecule has 0 aromatic heterocycles. The average Bonchev–Trinajstić information content (AvgIpc) is 2.12. The van der Waals surface area contributed by atoms with Crippen molar-refractivity contribution in [2.75, 3.05) is 13.2 Å². The van der Waals surface area contributed by atoms with E-state index in [0.717, 1.165) is 0 Å². The summed E-state index contributed by atoms with van der Waals surface area (Å²) in [6, 6.07) is 0. The van der Waals surface area contributed by atoms with Crippen LogP contribution in [0.5, 0.6) is 0 Å². The van der Waals surface area contributed by atoms with Crippen molar-refractivity contribution in [3.63, 3.8) is 0 Å². The van der Waals surface area contributed by atoms with Gasteiger partial charge in [-0.05, 0) is 27.2 Å². The number of amides is 1. The highest BCUT2D eigenvalue weighted by Gasteiger charge is 2.22. The fraction of sp³-hybridized carbons (Fsp3) is 0.909. The Kier molecular flexibility index (Phi) is 4.56. The summed E-state index contributed by atoms with van der Waals surface area (Å²) in [4.78, 5) is 11.3. The number of alkyl carbamates (subject to hydrolysis) is 1. The molecular weight excluding hydrogens is 210 g/mol. The molecule has 1 heterocycles. The maximum Gasteiger partial charge on any atom is 0.407 e. The number of nitrogens with one attached hydrogen (secondary N) is 1. The number of hydrogen-bond donors (Lipinski definition) is 2. The summed E-state index contributed by atoms with van der Waals surface area (Å²) < 4.78 is 10.5. The van der Waals surface area contributed by atoms with Gasteiger partial charge in [-0.1, -0.05) is 0 Å². The minimum atomic E-state index is -0.489. The molecule has 0 saturated carbocycles. The third-order valence-corrected chi connectivity index (χ3v) is 2.21. The number of rotatable bonds is 2. The van der Waals surface area contributed by atoms with Gasteiger partial charge in [-0.2, -0.15) is 0 Å². The first-order chi connectivity index (χ1) is 7.37. The van der Waals surface area contributed by atoms with Crippen molar-refractivity contribution in [1.82, 2.24) is 5.32 Å². The van der Waals surface area contributed by atoms with E-state index in [4.69, 9.17) is 9.47 Å². The molecule has 2 N–H and O–H groups in total. The lowest BCUT2D eigenvalue weighted by Gasteiger charge is -2.27. The van der Waals surface area contributed by atoms with E-state index in [1.807, 2.05) is 20.8 Å². The second-order valence-electron chi connectivity index (χ2n) is 5.05. The largest absolute Gasteiger partial charge is 0.444 e. The second-order valence-corrected chi connectivity index (χ2v) is 5.05. The highest BCUT2D eigenvalue weighted by atomic mass is 16.6. The topological polar surface area (TPSA) is 67.8 Å². The number of ether oxygens (including phenoxy) is 2. The zero-order valence-electron chi connectivity index (χ0n) is 10.2.